The van der Waals surface area contributed by atoms with Crippen LogP contribution in [-0.2, 0) is 0 Å². The fourth-order valence-corrected chi connectivity index (χ4v) is 4.12. The highest BCUT2D eigenvalue weighted by Crippen LogP contribution is 2.36. The number of fused-ring (bicyclic) bond motifs is 2. The fourth-order valence-electron chi connectivity index (χ4n) is 4.12. The Kier molecular flexibility index (Phi) is 3.94. The predicted octanol–water partition coefficient (Wildman–Crippen LogP) is 4.31. The van der Waals surface area contributed by atoms with Crippen molar-refractivity contribution in [3.05, 3.63) is 102 Å². The van der Waals surface area contributed by atoms with Gasteiger partial charge in [-0.3, -0.25) is 4.99 Å². The third-order valence-electron chi connectivity index (χ3n) is 5.74. The van der Waals surface area contributed by atoms with Gasteiger partial charge in [0.2, 0.25) is 5.70 Å². The quantitative estimate of drug-likeness (QED) is 0.341. The topological polar surface area (TPSA) is 99.7 Å². The number of benzene rings is 2. The first-order valence-electron chi connectivity index (χ1n) is 10.2. The van der Waals surface area contributed by atoms with Crippen LogP contribution in [0.15, 0.2) is 101 Å². The van der Waals surface area contributed by atoms with Crippen LogP contribution in [0.5, 0.6) is 5.75 Å². The van der Waals surface area contributed by atoms with Gasteiger partial charge in [-0.05, 0) is 18.2 Å². The molecule has 4 N–H and O–H groups in total. The summed E-state index contributed by atoms with van der Waals surface area (Å²) in [5.41, 5.74) is 5.73. The van der Waals surface area contributed by atoms with Crippen molar-refractivity contribution in [1.29, 1.82) is 0 Å². The van der Waals surface area contributed by atoms with E-state index in [2.05, 4.69) is 16.0 Å². The van der Waals surface area contributed by atoms with Crippen LogP contribution >= 0.6 is 0 Å². The van der Waals surface area contributed by atoms with E-state index in [9.17, 15) is 5.11 Å². The maximum Gasteiger partial charge on any atom is 0.265 e. The van der Waals surface area contributed by atoms with Crippen molar-refractivity contribution in [3.63, 3.8) is 0 Å². The Morgan fingerprint density at radius 3 is 2.59 bits per heavy atom. The summed E-state index contributed by atoms with van der Waals surface area (Å²) in [4.78, 5) is 17.1. The molecule has 154 valence electrons. The fraction of sp³-hybridized carbons (Fsp3) is 0. The van der Waals surface area contributed by atoms with E-state index in [0.717, 1.165) is 33.4 Å². The average Bonchev–Trinajstić information content (AvgIpc) is 3.39. The number of allylic oxidation sites excluding steroid dienone is 1. The molecular weight excluding hydrogens is 400 g/mol. The molecular formula is C25H19N6O+. The lowest BCUT2D eigenvalue weighted by Crippen LogP contribution is -2.53. The first-order chi connectivity index (χ1) is 15.6. The smallest absolute Gasteiger partial charge is 0.265 e. The molecule has 0 amide bonds. The molecule has 0 saturated heterocycles. The first kappa shape index (κ1) is 18.4. The minimum Gasteiger partial charge on any atom is -0.506 e. The molecule has 2 aliphatic heterocycles. The number of aromatic nitrogens is 2. The third kappa shape index (κ3) is 2.80. The number of H-pyrrole nitrogens is 1. The van der Waals surface area contributed by atoms with Crippen LogP contribution in [-0.4, -0.2) is 31.7 Å². The van der Waals surface area contributed by atoms with Gasteiger partial charge >= 0.3 is 0 Å². The summed E-state index contributed by atoms with van der Waals surface area (Å²) >= 11 is 0. The zero-order chi connectivity index (χ0) is 21.7. The summed E-state index contributed by atoms with van der Waals surface area (Å²) in [6.45, 7) is 0. The number of rotatable bonds is 3. The summed E-state index contributed by atoms with van der Waals surface area (Å²) < 4.78 is -0.109. The van der Waals surface area contributed by atoms with E-state index in [1.807, 2.05) is 54.6 Å². The average molecular weight is 419 g/mol. The van der Waals surface area contributed by atoms with Crippen LogP contribution in [0.1, 0.15) is 11.3 Å². The molecule has 1 atom stereocenters. The second-order valence-electron chi connectivity index (χ2n) is 7.76. The minimum absolute atomic E-state index is 0.109. The molecule has 7 heteroatoms. The van der Waals surface area contributed by atoms with Crippen LogP contribution in [0.2, 0.25) is 0 Å². The SMILES string of the molecule is N[N+]12C=CN=CC1=C(c1cc(O)c[nH]1)N=C2c1ccc2ccc(-c3ccccc3)nc2c1. The number of nitrogens with zero attached hydrogens (tertiary/aromatic N) is 4. The highest BCUT2D eigenvalue weighted by molar-refractivity contribution is 6.07. The van der Waals surface area contributed by atoms with Crippen LogP contribution in [0.25, 0.3) is 27.9 Å². The second-order valence-corrected chi connectivity index (χ2v) is 7.76. The minimum atomic E-state index is -0.109. The van der Waals surface area contributed by atoms with Gasteiger partial charge in [0.1, 0.15) is 11.9 Å². The molecule has 6 rings (SSSR count). The maximum atomic E-state index is 9.80. The molecule has 0 saturated carbocycles. The number of amidine groups is 1. The lowest BCUT2D eigenvalue weighted by molar-refractivity contribution is -0.749. The van der Waals surface area contributed by atoms with Crippen molar-refractivity contribution in [3.8, 4) is 17.0 Å². The Balaban J connectivity index is 1.49. The van der Waals surface area contributed by atoms with Gasteiger partial charge in [-0.25, -0.2) is 4.98 Å². The van der Waals surface area contributed by atoms with Gasteiger partial charge in [0.25, 0.3) is 5.84 Å². The summed E-state index contributed by atoms with van der Waals surface area (Å²) in [5.74, 6) is 7.60. The van der Waals surface area contributed by atoms with Crippen molar-refractivity contribution in [2.75, 3.05) is 0 Å². The number of nitrogens with two attached hydrogens (primary N) is 1. The van der Waals surface area contributed by atoms with E-state index in [0.29, 0.717) is 17.2 Å². The highest BCUT2D eigenvalue weighted by atomic mass is 16.3. The van der Waals surface area contributed by atoms with Gasteiger partial charge in [0.15, 0.2) is 5.70 Å². The third-order valence-corrected chi connectivity index (χ3v) is 5.74. The van der Waals surface area contributed by atoms with Crippen molar-refractivity contribution >= 4 is 28.7 Å². The predicted molar refractivity (Wildman–Crippen MR) is 125 cm³/mol. The molecule has 0 spiro atoms. The molecule has 1 unspecified atom stereocenters. The molecule has 0 bridgehead atoms. The number of aliphatic imine (C=N–C) groups is 2. The van der Waals surface area contributed by atoms with Gasteiger partial charge in [0.05, 0.1) is 34.9 Å². The molecule has 2 aliphatic rings. The lowest BCUT2D eigenvalue weighted by Gasteiger charge is -2.26. The molecule has 0 fully saturated rings. The van der Waals surface area contributed by atoms with Crippen LogP contribution in [0.3, 0.4) is 0 Å². The highest BCUT2D eigenvalue weighted by Gasteiger charge is 2.44. The van der Waals surface area contributed by atoms with E-state index in [4.69, 9.17) is 15.8 Å². The van der Waals surface area contributed by atoms with Gasteiger partial charge in [-0.15, -0.1) is 4.59 Å². The van der Waals surface area contributed by atoms with E-state index in [-0.39, 0.29) is 10.3 Å². The van der Waals surface area contributed by atoms with Crippen molar-refractivity contribution in [1.82, 2.24) is 9.97 Å². The van der Waals surface area contributed by atoms with Crippen molar-refractivity contribution in [2.45, 2.75) is 0 Å². The van der Waals surface area contributed by atoms with Crippen LogP contribution in [0.4, 0.5) is 0 Å². The number of nitrogens with one attached hydrogen (secondary N) is 1. The first-order valence-corrected chi connectivity index (χ1v) is 10.2. The number of hydrogen-bond acceptors (Lipinski definition) is 5. The molecule has 4 aromatic rings. The summed E-state index contributed by atoms with van der Waals surface area (Å²) in [6, 6.07) is 21.9. The molecule has 2 aromatic carbocycles. The number of aromatic hydroxyl groups is 1. The van der Waals surface area contributed by atoms with Crippen LogP contribution in [0, 0.1) is 0 Å². The van der Waals surface area contributed by atoms with Gasteiger partial charge < -0.3 is 10.1 Å². The van der Waals surface area contributed by atoms with E-state index < -0.39 is 0 Å². The van der Waals surface area contributed by atoms with E-state index in [1.54, 1.807) is 24.7 Å². The molecule has 4 heterocycles. The maximum absolute atomic E-state index is 9.80. The molecule has 2 aromatic heterocycles. The Bertz CT molecular complexity index is 1500. The van der Waals surface area contributed by atoms with E-state index in [1.165, 1.54) is 6.20 Å². The largest absolute Gasteiger partial charge is 0.506 e. The standard InChI is InChI=1S/C25H18N6O/c26-31-11-10-27-15-23(31)24(22-13-19(32)14-28-22)30-25(31)18-7-6-17-8-9-20(29-21(17)12-18)16-4-2-1-3-5-16/h1-15H,26H2,(H-,27,28,29,30,32)/p+1. The Hall–Kier alpha value is -4.33. The Morgan fingerprint density at radius 2 is 1.78 bits per heavy atom. The zero-order valence-corrected chi connectivity index (χ0v) is 17.0. The summed E-state index contributed by atoms with van der Waals surface area (Å²) in [5, 5.41) is 10.8. The Labute approximate surface area is 183 Å². The van der Waals surface area contributed by atoms with Gasteiger partial charge in [-0.1, -0.05) is 42.5 Å². The van der Waals surface area contributed by atoms with E-state index >= 15 is 0 Å². The number of pyridine rings is 1. The normalized spacial score (nSPS) is 19.5. The van der Waals surface area contributed by atoms with Crippen LogP contribution < -0.4 is 5.84 Å². The summed E-state index contributed by atoms with van der Waals surface area (Å²) in [7, 11) is 0. The molecule has 0 aliphatic carbocycles. The Morgan fingerprint density at radius 1 is 0.938 bits per heavy atom. The molecule has 32 heavy (non-hydrogen) atoms. The summed E-state index contributed by atoms with van der Waals surface area (Å²) in [6.07, 6.45) is 6.68. The number of quaternary nitrogens is 1. The van der Waals surface area contributed by atoms with Gasteiger partial charge in [-0.2, -0.15) is 10.8 Å². The van der Waals surface area contributed by atoms with Crippen molar-refractivity contribution < 1.29 is 9.70 Å². The van der Waals surface area contributed by atoms with Crippen molar-refractivity contribution in [2.24, 2.45) is 15.8 Å². The van der Waals surface area contributed by atoms with Gasteiger partial charge in [0, 0.05) is 23.2 Å². The zero-order valence-electron chi connectivity index (χ0n) is 17.0. The molecule has 7 nitrogen and oxygen atoms in total. The number of aromatic amines is 1. The lowest BCUT2D eigenvalue weighted by atomic mass is 10.1. The second kappa shape index (κ2) is 6.84. The number of hydrogen-bond donors (Lipinski definition) is 3. The molecule has 0 radical (unpaired) electrons. The monoisotopic (exact) mass is 419 g/mol.